The number of carbonyl (C=O) groups is 2. The molecule has 5 aromatic rings. The Morgan fingerprint density at radius 3 is 1.51 bits per heavy atom. The summed E-state index contributed by atoms with van der Waals surface area (Å²) in [6.45, 7) is 5.42. The lowest BCUT2D eigenvalue weighted by Crippen LogP contribution is -2.43. The minimum Gasteiger partial charge on any atom is -0.493 e. The maximum atomic E-state index is 13.8. The van der Waals surface area contributed by atoms with Crippen LogP contribution in [0.5, 0.6) is 57.5 Å². The van der Waals surface area contributed by atoms with E-state index in [1.807, 2.05) is 13.0 Å². The van der Waals surface area contributed by atoms with E-state index in [4.69, 9.17) is 51.6 Å². The zero-order valence-corrected chi connectivity index (χ0v) is 40.2. The van der Waals surface area contributed by atoms with Crippen molar-refractivity contribution in [2.45, 2.75) is 60.9 Å². The van der Waals surface area contributed by atoms with Gasteiger partial charge in [-0.3, -0.25) is 13.8 Å². The van der Waals surface area contributed by atoms with Gasteiger partial charge < -0.3 is 52.5 Å². The summed E-state index contributed by atoms with van der Waals surface area (Å²) < 4.78 is 89.0. The third kappa shape index (κ3) is 8.00. The van der Waals surface area contributed by atoms with Crippen molar-refractivity contribution in [2.75, 3.05) is 54.9 Å². The summed E-state index contributed by atoms with van der Waals surface area (Å²) in [6, 6.07) is 20.3. The molecule has 6 aliphatic rings. The number of aliphatic hydroxyl groups is 1. The summed E-state index contributed by atoms with van der Waals surface area (Å²) in [5.74, 6) is 3.94. The van der Waals surface area contributed by atoms with Gasteiger partial charge in [-0.1, -0.05) is 17.7 Å². The summed E-state index contributed by atoms with van der Waals surface area (Å²) in [4.78, 5) is 27.4. The van der Waals surface area contributed by atoms with Gasteiger partial charge in [0.2, 0.25) is 0 Å². The van der Waals surface area contributed by atoms with Crippen LogP contribution in [0, 0.1) is 6.92 Å². The number of carbonyl (C=O) groups excluding carboxylic acids is 2. The van der Waals surface area contributed by atoms with Gasteiger partial charge in [-0.25, -0.2) is 0 Å². The highest BCUT2D eigenvalue weighted by molar-refractivity contribution is 7.86. The molecule has 0 aliphatic carbocycles. The zero-order chi connectivity index (χ0) is 49.3. The van der Waals surface area contributed by atoms with Crippen molar-refractivity contribution in [1.82, 2.24) is 0 Å². The standard InChI is InChI=1S/C30H28O9S.C23H22O7/c1-17-5-7-18(8-6-17)40(32,33)37-16-30(2)12-11-19-22(39-30)10-9-20-28(31)27-21-13-24(34-3)25(35-4)14-23(21)36-15-26(27)38-29(19)20;1-23(11-24)7-6-12-15(30-23)5-4-13-21(25)20-14-8-17(26-2)18(27-3)9-16(14)28-10-19(20)29-22(12)13/h5-14,26-27H,15-16H2,1-4H3;4-9,19-20,24H,10-11H2,1-3H3/t26-,27+,30?;19-,20+,23?/m11/s1. The average Bonchev–Trinajstić information content (AvgIpc) is 3.37. The van der Waals surface area contributed by atoms with Gasteiger partial charge in [0.1, 0.15) is 77.7 Å². The number of ether oxygens (including phenoxy) is 10. The average molecular weight is 975 g/mol. The molecule has 0 aromatic heterocycles. The molecule has 0 saturated carbocycles. The molecule has 16 nitrogen and oxygen atoms in total. The summed E-state index contributed by atoms with van der Waals surface area (Å²) in [6.07, 6.45) is 6.08. The predicted octanol–water partition coefficient (Wildman–Crippen LogP) is 7.68. The van der Waals surface area contributed by atoms with E-state index < -0.39 is 45.4 Å². The van der Waals surface area contributed by atoms with Crippen molar-refractivity contribution in [2.24, 2.45) is 0 Å². The molecule has 0 amide bonds. The summed E-state index contributed by atoms with van der Waals surface area (Å²) in [5, 5.41) is 9.59. The van der Waals surface area contributed by atoms with Crippen molar-refractivity contribution >= 4 is 33.8 Å². The smallest absolute Gasteiger partial charge is 0.297 e. The number of Topliss-reactive ketones (excluding diaryl/α,β-unsaturated/α-hetero) is 2. The number of methoxy groups -OCH3 is 4. The number of hydrogen-bond acceptors (Lipinski definition) is 16. The van der Waals surface area contributed by atoms with E-state index in [2.05, 4.69) is 0 Å². The number of ketones is 2. The molecule has 0 saturated heterocycles. The van der Waals surface area contributed by atoms with Crippen LogP contribution in [0.1, 0.15) is 74.2 Å². The number of fused-ring (bicyclic) bond motifs is 12. The maximum Gasteiger partial charge on any atom is 0.297 e. The van der Waals surface area contributed by atoms with Crippen molar-refractivity contribution in [1.29, 1.82) is 0 Å². The van der Waals surface area contributed by atoms with Crippen molar-refractivity contribution < 1.29 is 74.7 Å². The summed E-state index contributed by atoms with van der Waals surface area (Å²) in [7, 11) is 2.21. The van der Waals surface area contributed by atoms with Crippen LogP contribution < -0.4 is 47.4 Å². The zero-order valence-electron chi connectivity index (χ0n) is 39.4. The molecule has 2 unspecified atom stereocenters. The molecule has 6 aliphatic heterocycles. The van der Waals surface area contributed by atoms with E-state index in [-0.39, 0.29) is 42.9 Å². The Morgan fingerprint density at radius 2 is 1.06 bits per heavy atom. The van der Waals surface area contributed by atoms with Crippen LogP contribution in [0.2, 0.25) is 0 Å². The maximum absolute atomic E-state index is 13.8. The second-order valence-corrected chi connectivity index (χ2v) is 19.6. The van der Waals surface area contributed by atoms with Crippen LogP contribution >= 0.6 is 0 Å². The lowest BCUT2D eigenvalue weighted by molar-refractivity contribution is 0.0522. The van der Waals surface area contributed by atoms with E-state index in [9.17, 15) is 23.1 Å². The fourth-order valence-corrected chi connectivity index (χ4v) is 10.4. The van der Waals surface area contributed by atoms with E-state index in [1.54, 1.807) is 114 Å². The first-order valence-electron chi connectivity index (χ1n) is 22.5. The highest BCUT2D eigenvalue weighted by Crippen LogP contribution is 2.52. The number of rotatable bonds is 9. The quantitative estimate of drug-likeness (QED) is 0.141. The van der Waals surface area contributed by atoms with E-state index in [0.717, 1.165) is 11.1 Å². The molecule has 0 fully saturated rings. The summed E-state index contributed by atoms with van der Waals surface area (Å²) in [5.41, 5.74) is 2.69. The molecule has 6 heterocycles. The van der Waals surface area contributed by atoms with Crippen LogP contribution in [-0.2, 0) is 14.3 Å². The molecule has 0 radical (unpaired) electrons. The first-order valence-corrected chi connectivity index (χ1v) is 23.9. The Hall–Kier alpha value is -7.21. The molecular weight excluding hydrogens is 925 g/mol. The predicted molar refractivity (Wildman–Crippen MR) is 253 cm³/mol. The lowest BCUT2D eigenvalue weighted by Gasteiger charge is -2.39. The molecule has 70 heavy (non-hydrogen) atoms. The Bertz CT molecular complexity index is 3120. The normalized spacial score (nSPS) is 23.8. The fourth-order valence-electron chi connectivity index (χ4n) is 9.41. The van der Waals surface area contributed by atoms with Gasteiger partial charge >= 0.3 is 0 Å². The third-order valence-electron chi connectivity index (χ3n) is 13.2. The first-order chi connectivity index (χ1) is 33.6. The largest absolute Gasteiger partial charge is 0.493 e. The highest BCUT2D eigenvalue weighted by Gasteiger charge is 2.47. The number of aryl methyl sites for hydroxylation is 1. The Morgan fingerprint density at radius 1 is 0.614 bits per heavy atom. The van der Waals surface area contributed by atoms with Crippen molar-refractivity contribution in [3.8, 4) is 57.5 Å². The van der Waals surface area contributed by atoms with Gasteiger partial charge in [-0.15, -0.1) is 0 Å². The molecule has 0 spiro atoms. The monoisotopic (exact) mass is 974 g/mol. The van der Waals surface area contributed by atoms with Crippen LogP contribution in [0.25, 0.3) is 12.2 Å². The number of benzene rings is 5. The van der Waals surface area contributed by atoms with E-state index in [1.165, 1.54) is 19.2 Å². The second kappa shape index (κ2) is 17.6. The minimum absolute atomic E-state index is 0.0373. The third-order valence-corrected chi connectivity index (χ3v) is 14.5. The number of aliphatic hydroxyl groups excluding tert-OH is 1. The minimum atomic E-state index is -3.97. The van der Waals surface area contributed by atoms with Gasteiger partial charge in [0.25, 0.3) is 10.1 Å². The topological polar surface area (TPSA) is 190 Å². The SMILES string of the molecule is COc1cc2c(cc1OC)[C@@H]1C(=O)c3ccc4c(c3O[C@@H]1CO2)C=CC(C)(CO)O4.COc1cc2c(cc1OC)[C@@H]1C(=O)c3ccc4c(c3O[C@@H]1CO2)C=CC(C)(COS(=O)(=O)c1ccc(C)cc1)O4. The van der Waals surface area contributed by atoms with Gasteiger partial charge in [0.05, 0.1) is 74.0 Å². The van der Waals surface area contributed by atoms with Crippen LogP contribution in [-0.4, -0.2) is 103 Å². The van der Waals surface area contributed by atoms with Gasteiger partial charge in [-0.05, 0) is 93.6 Å². The van der Waals surface area contributed by atoms with Crippen LogP contribution in [0.4, 0.5) is 0 Å². The molecule has 0 bridgehead atoms. The Balaban J connectivity index is 0.000000169. The van der Waals surface area contributed by atoms with Crippen molar-refractivity contribution in [3.63, 3.8) is 0 Å². The van der Waals surface area contributed by atoms with Crippen molar-refractivity contribution in [3.05, 3.63) is 124 Å². The fraction of sp³-hybridized carbons (Fsp3) is 0.321. The van der Waals surface area contributed by atoms with Gasteiger partial charge in [0, 0.05) is 23.3 Å². The molecule has 6 atom stereocenters. The molecule has 364 valence electrons. The van der Waals surface area contributed by atoms with E-state index in [0.29, 0.717) is 85.3 Å². The second-order valence-electron chi connectivity index (χ2n) is 18.0. The van der Waals surface area contributed by atoms with Crippen LogP contribution in [0.15, 0.2) is 89.8 Å². The van der Waals surface area contributed by atoms with Gasteiger partial charge in [0.15, 0.2) is 34.6 Å². The Kier molecular flexibility index (Phi) is 11.7. The molecular formula is C53H50O16S. The van der Waals surface area contributed by atoms with E-state index >= 15 is 0 Å². The molecule has 5 aromatic carbocycles. The molecule has 11 rings (SSSR count). The number of hydrogen-bond donors (Lipinski definition) is 1. The Labute approximate surface area is 404 Å². The summed E-state index contributed by atoms with van der Waals surface area (Å²) >= 11 is 0. The highest BCUT2D eigenvalue weighted by atomic mass is 32.2. The lowest BCUT2D eigenvalue weighted by atomic mass is 9.81. The molecule has 1 N–H and O–H groups in total. The van der Waals surface area contributed by atoms with Gasteiger partial charge in [-0.2, -0.15) is 8.42 Å². The molecule has 17 heteroatoms. The first kappa shape index (κ1) is 46.5. The van der Waals surface area contributed by atoms with Crippen LogP contribution in [0.3, 0.4) is 0 Å².